The van der Waals surface area contributed by atoms with Crippen molar-refractivity contribution < 1.29 is 9.53 Å². The van der Waals surface area contributed by atoms with E-state index < -0.39 is 0 Å². The number of aryl methyl sites for hydroxylation is 1. The molecule has 2 fully saturated rings. The molecule has 0 spiro atoms. The van der Waals surface area contributed by atoms with E-state index in [4.69, 9.17) is 4.74 Å². The summed E-state index contributed by atoms with van der Waals surface area (Å²) in [7, 11) is 0. The predicted molar refractivity (Wildman–Crippen MR) is 92.2 cm³/mol. The topological polar surface area (TPSA) is 32.8 Å². The quantitative estimate of drug-likeness (QED) is 0.833. The molecule has 0 bridgehead atoms. The number of morpholine rings is 1. The molecule has 4 nitrogen and oxygen atoms in total. The number of thiophene rings is 1. The molecule has 2 aliphatic heterocycles. The Labute approximate surface area is 142 Å². The fourth-order valence-electron chi connectivity index (χ4n) is 4.34. The number of fused-ring (bicyclic) bond motifs is 1. The Bertz CT molecular complexity index is 580. The first-order valence-electron chi connectivity index (χ1n) is 8.94. The molecule has 3 heterocycles. The number of hydrogen-bond donors (Lipinski definition) is 0. The summed E-state index contributed by atoms with van der Waals surface area (Å²) in [5.41, 5.74) is 2.35. The Morgan fingerprint density at radius 1 is 1.22 bits per heavy atom. The molecule has 5 heteroatoms. The maximum atomic E-state index is 13.0. The molecule has 0 saturated carbocycles. The van der Waals surface area contributed by atoms with Crippen molar-refractivity contribution in [1.82, 2.24) is 9.80 Å². The van der Waals surface area contributed by atoms with Crippen molar-refractivity contribution >= 4 is 17.2 Å². The van der Waals surface area contributed by atoms with Crippen LogP contribution in [0.15, 0.2) is 5.38 Å². The number of carbonyl (C=O) groups is 1. The molecule has 23 heavy (non-hydrogen) atoms. The van der Waals surface area contributed by atoms with E-state index >= 15 is 0 Å². The van der Waals surface area contributed by atoms with Gasteiger partial charge in [0.2, 0.25) is 0 Å². The van der Waals surface area contributed by atoms with E-state index in [2.05, 4.69) is 22.1 Å². The van der Waals surface area contributed by atoms with Gasteiger partial charge in [-0.2, -0.15) is 0 Å². The van der Waals surface area contributed by atoms with Gasteiger partial charge in [0.05, 0.1) is 18.8 Å². The molecule has 4 rings (SSSR count). The van der Waals surface area contributed by atoms with E-state index in [0.29, 0.717) is 12.0 Å². The van der Waals surface area contributed by atoms with Crippen LogP contribution in [0, 0.1) is 5.92 Å². The van der Waals surface area contributed by atoms with E-state index in [9.17, 15) is 4.79 Å². The minimum absolute atomic E-state index is 0.270. The number of amides is 1. The van der Waals surface area contributed by atoms with E-state index in [1.165, 1.54) is 29.7 Å². The van der Waals surface area contributed by atoms with Crippen molar-refractivity contribution in [2.75, 3.05) is 39.4 Å². The minimum Gasteiger partial charge on any atom is -0.379 e. The van der Waals surface area contributed by atoms with Crippen LogP contribution in [0.25, 0.3) is 0 Å². The molecule has 0 aromatic carbocycles. The number of rotatable bonds is 2. The highest BCUT2D eigenvalue weighted by Gasteiger charge is 2.37. The van der Waals surface area contributed by atoms with E-state index in [-0.39, 0.29) is 5.91 Å². The van der Waals surface area contributed by atoms with Crippen LogP contribution in [0.4, 0.5) is 0 Å². The van der Waals surface area contributed by atoms with Crippen molar-refractivity contribution in [3.8, 4) is 0 Å². The van der Waals surface area contributed by atoms with Gasteiger partial charge in [-0.15, -0.1) is 11.3 Å². The molecule has 2 atom stereocenters. The SMILES string of the molecule is CC1CN(C(=O)c2csc3c2CCCC3)CC1N1CCOCC1. The number of likely N-dealkylation sites (tertiary alicyclic amines) is 1. The largest absolute Gasteiger partial charge is 0.379 e. The molecule has 1 aromatic rings. The molecule has 1 aromatic heterocycles. The van der Waals surface area contributed by atoms with Crippen LogP contribution in [0.3, 0.4) is 0 Å². The lowest BCUT2D eigenvalue weighted by molar-refractivity contribution is 0.0119. The first kappa shape index (κ1) is 15.6. The first-order valence-corrected chi connectivity index (χ1v) is 9.82. The smallest absolute Gasteiger partial charge is 0.255 e. The summed E-state index contributed by atoms with van der Waals surface area (Å²) in [6.07, 6.45) is 4.77. The average Bonchev–Trinajstić information content (AvgIpc) is 3.19. The highest BCUT2D eigenvalue weighted by Crippen LogP contribution is 2.32. The molecule has 1 aliphatic carbocycles. The van der Waals surface area contributed by atoms with Crippen LogP contribution >= 0.6 is 11.3 Å². The second kappa shape index (κ2) is 6.54. The third-order valence-electron chi connectivity index (χ3n) is 5.67. The Kier molecular flexibility index (Phi) is 4.43. The van der Waals surface area contributed by atoms with Crippen LogP contribution in [-0.2, 0) is 17.6 Å². The van der Waals surface area contributed by atoms with Crippen molar-refractivity contribution in [2.45, 2.75) is 38.6 Å². The normalized spacial score (nSPS) is 28.8. The standard InChI is InChI=1S/C18H26N2O2S/c1-13-10-20(11-16(13)19-6-8-22-9-7-19)18(21)15-12-23-17-5-3-2-4-14(15)17/h12-13,16H,2-11H2,1H3. The molecular weight excluding hydrogens is 308 g/mol. The average molecular weight is 334 g/mol. The number of nitrogens with zero attached hydrogens (tertiary/aromatic N) is 2. The fraction of sp³-hybridized carbons (Fsp3) is 0.722. The fourth-order valence-corrected chi connectivity index (χ4v) is 5.46. The highest BCUT2D eigenvalue weighted by atomic mass is 32.1. The van der Waals surface area contributed by atoms with Gasteiger partial charge in [-0.1, -0.05) is 6.92 Å². The molecular formula is C18H26N2O2S. The summed E-state index contributed by atoms with van der Waals surface area (Å²) in [5.74, 6) is 0.818. The lowest BCUT2D eigenvalue weighted by Crippen LogP contribution is -2.47. The van der Waals surface area contributed by atoms with E-state index in [1.807, 2.05) is 0 Å². The van der Waals surface area contributed by atoms with E-state index in [1.54, 1.807) is 11.3 Å². The molecule has 2 unspecified atom stereocenters. The summed E-state index contributed by atoms with van der Waals surface area (Å²) >= 11 is 1.79. The van der Waals surface area contributed by atoms with Gasteiger partial charge < -0.3 is 9.64 Å². The molecule has 0 N–H and O–H groups in total. The first-order chi connectivity index (χ1) is 11.2. The van der Waals surface area contributed by atoms with Gasteiger partial charge in [-0.25, -0.2) is 0 Å². The van der Waals surface area contributed by atoms with Gasteiger partial charge in [0, 0.05) is 42.5 Å². The third kappa shape index (κ3) is 2.94. The summed E-state index contributed by atoms with van der Waals surface area (Å²) in [4.78, 5) is 19.1. The molecule has 126 valence electrons. The third-order valence-corrected chi connectivity index (χ3v) is 6.75. The van der Waals surface area contributed by atoms with Crippen LogP contribution < -0.4 is 0 Å². The molecule has 1 amide bonds. The number of ether oxygens (including phenoxy) is 1. The van der Waals surface area contributed by atoms with E-state index in [0.717, 1.165) is 51.4 Å². The zero-order chi connectivity index (χ0) is 15.8. The van der Waals surface area contributed by atoms with Crippen LogP contribution in [0.5, 0.6) is 0 Å². The Morgan fingerprint density at radius 3 is 2.83 bits per heavy atom. The minimum atomic E-state index is 0.270. The lowest BCUT2D eigenvalue weighted by Gasteiger charge is -2.34. The number of carbonyl (C=O) groups excluding carboxylic acids is 1. The van der Waals surface area contributed by atoms with Crippen molar-refractivity contribution in [3.63, 3.8) is 0 Å². The Morgan fingerprint density at radius 2 is 2.00 bits per heavy atom. The monoisotopic (exact) mass is 334 g/mol. The van der Waals surface area contributed by atoms with Crippen molar-refractivity contribution in [3.05, 3.63) is 21.4 Å². The lowest BCUT2D eigenvalue weighted by atomic mass is 9.95. The molecule has 3 aliphatic rings. The number of hydrogen-bond acceptors (Lipinski definition) is 4. The Hall–Kier alpha value is -0.910. The van der Waals surface area contributed by atoms with Gasteiger partial charge in [0.1, 0.15) is 0 Å². The second-order valence-corrected chi connectivity index (χ2v) is 8.13. The van der Waals surface area contributed by atoms with Crippen molar-refractivity contribution in [1.29, 1.82) is 0 Å². The van der Waals surface area contributed by atoms with Crippen LogP contribution in [0.1, 0.15) is 40.6 Å². The summed E-state index contributed by atoms with van der Waals surface area (Å²) in [6.45, 7) is 7.73. The predicted octanol–water partition coefficient (Wildman–Crippen LogP) is 2.42. The van der Waals surface area contributed by atoms with Crippen LogP contribution in [0.2, 0.25) is 0 Å². The highest BCUT2D eigenvalue weighted by molar-refractivity contribution is 7.10. The van der Waals surface area contributed by atoms with Gasteiger partial charge in [0.15, 0.2) is 0 Å². The zero-order valence-corrected chi connectivity index (χ0v) is 14.7. The second-order valence-electron chi connectivity index (χ2n) is 7.16. The van der Waals surface area contributed by atoms with Gasteiger partial charge >= 0.3 is 0 Å². The summed E-state index contributed by atoms with van der Waals surface area (Å²) in [6, 6.07) is 0.498. The van der Waals surface area contributed by atoms with Gasteiger partial charge in [-0.05, 0) is 37.2 Å². The molecule has 2 saturated heterocycles. The Balaban J connectivity index is 1.48. The zero-order valence-electron chi connectivity index (χ0n) is 13.9. The van der Waals surface area contributed by atoms with Gasteiger partial charge in [-0.3, -0.25) is 9.69 Å². The maximum absolute atomic E-state index is 13.0. The molecule has 0 radical (unpaired) electrons. The van der Waals surface area contributed by atoms with Crippen molar-refractivity contribution in [2.24, 2.45) is 5.92 Å². The maximum Gasteiger partial charge on any atom is 0.255 e. The summed E-state index contributed by atoms with van der Waals surface area (Å²) < 4.78 is 5.47. The summed E-state index contributed by atoms with van der Waals surface area (Å²) in [5, 5.41) is 2.12. The van der Waals surface area contributed by atoms with Crippen LogP contribution in [-0.4, -0.2) is 61.1 Å². The van der Waals surface area contributed by atoms with Gasteiger partial charge in [0.25, 0.3) is 5.91 Å².